The van der Waals surface area contributed by atoms with Gasteiger partial charge in [-0.3, -0.25) is 4.79 Å². The van der Waals surface area contributed by atoms with E-state index in [0.717, 1.165) is 41.7 Å². The number of aromatic nitrogens is 1. The number of hydrogen-bond acceptors (Lipinski definition) is 6. The van der Waals surface area contributed by atoms with Crippen LogP contribution in [0.1, 0.15) is 36.1 Å². The van der Waals surface area contributed by atoms with Crippen molar-refractivity contribution in [2.45, 2.75) is 31.6 Å². The zero-order valence-electron chi connectivity index (χ0n) is 15.2. The Labute approximate surface area is 162 Å². The number of hydrogen-bond donors (Lipinski definition) is 3. The molecule has 3 rings (SSSR count). The molecular formula is C20H23N5OS. The Morgan fingerprint density at radius 2 is 2.07 bits per heavy atom. The van der Waals surface area contributed by atoms with E-state index in [1.807, 2.05) is 36.6 Å². The summed E-state index contributed by atoms with van der Waals surface area (Å²) < 4.78 is 0. The molecule has 0 unspecified atom stereocenters. The number of benzene rings is 1. The monoisotopic (exact) mass is 381 g/mol. The van der Waals surface area contributed by atoms with Gasteiger partial charge in [0.25, 0.3) is 0 Å². The summed E-state index contributed by atoms with van der Waals surface area (Å²) in [5, 5.41) is 5.55. The highest BCUT2D eigenvalue weighted by Crippen LogP contribution is 2.45. The van der Waals surface area contributed by atoms with Gasteiger partial charge in [0.2, 0.25) is 5.91 Å². The van der Waals surface area contributed by atoms with Crippen molar-refractivity contribution in [3.05, 3.63) is 65.1 Å². The topological polar surface area (TPSA) is 106 Å². The number of nitrogens with zero attached hydrogens (tertiary/aromatic N) is 2. The molecule has 0 aliphatic heterocycles. The van der Waals surface area contributed by atoms with Crippen LogP contribution in [0.4, 0.5) is 5.13 Å². The molecule has 0 saturated heterocycles. The van der Waals surface area contributed by atoms with Crippen molar-refractivity contribution in [1.82, 2.24) is 4.98 Å². The normalized spacial score (nSPS) is 16.1. The van der Waals surface area contributed by atoms with Gasteiger partial charge < -0.3 is 16.8 Å². The zero-order chi connectivity index (χ0) is 19.4. The van der Waals surface area contributed by atoms with Crippen molar-refractivity contribution in [1.29, 1.82) is 0 Å². The lowest BCUT2D eigenvalue weighted by Gasteiger charge is -2.40. The van der Waals surface area contributed by atoms with Crippen LogP contribution in [0, 0.1) is 6.92 Å². The number of nitrogens with two attached hydrogens (primary N) is 2. The molecule has 1 aromatic carbocycles. The fourth-order valence-electron chi connectivity index (χ4n) is 3.15. The number of aryl methyl sites for hydroxylation is 1. The molecule has 27 heavy (non-hydrogen) atoms. The molecule has 0 spiro atoms. The summed E-state index contributed by atoms with van der Waals surface area (Å²) in [5.74, 6) is 0.222. The number of anilines is 1. The number of allylic oxidation sites excluding steroid dienone is 1. The predicted octanol–water partition coefficient (Wildman–Crippen LogP) is 3.31. The molecule has 1 fully saturated rings. The van der Waals surface area contributed by atoms with Gasteiger partial charge in [-0.25, -0.2) is 9.98 Å². The number of amides is 1. The molecule has 1 aliphatic rings. The molecule has 1 saturated carbocycles. The SMILES string of the molecule is C=C(N)/N=C\C(=C/N)c1ccc(C2(C(=O)Nc3nc(C)cs3)CCC2)cc1. The van der Waals surface area contributed by atoms with Gasteiger partial charge >= 0.3 is 0 Å². The summed E-state index contributed by atoms with van der Waals surface area (Å²) in [6.45, 7) is 5.45. The number of carbonyl (C=O) groups excluding carboxylic acids is 1. The second-order valence-corrected chi connectivity index (χ2v) is 7.49. The molecule has 0 atom stereocenters. The molecule has 0 bridgehead atoms. The van der Waals surface area contributed by atoms with Gasteiger partial charge in [-0.05, 0) is 30.9 Å². The molecule has 1 aliphatic carbocycles. The smallest absolute Gasteiger partial charge is 0.236 e. The third-order valence-electron chi connectivity index (χ3n) is 4.80. The first-order chi connectivity index (χ1) is 12.9. The van der Waals surface area contributed by atoms with Gasteiger partial charge in [0.05, 0.1) is 11.1 Å². The van der Waals surface area contributed by atoms with Crippen molar-refractivity contribution < 1.29 is 4.79 Å². The fraction of sp³-hybridized carbons (Fsp3) is 0.250. The van der Waals surface area contributed by atoms with Crippen molar-refractivity contribution >= 4 is 34.2 Å². The van der Waals surface area contributed by atoms with Gasteiger partial charge in [-0.1, -0.05) is 37.3 Å². The number of carbonyl (C=O) groups is 1. The van der Waals surface area contributed by atoms with E-state index in [-0.39, 0.29) is 11.7 Å². The second-order valence-electron chi connectivity index (χ2n) is 6.63. The molecule has 1 amide bonds. The number of aliphatic imine (C=N–C) groups is 1. The highest BCUT2D eigenvalue weighted by Gasteiger charge is 2.45. The highest BCUT2D eigenvalue weighted by atomic mass is 32.1. The first-order valence-corrected chi connectivity index (χ1v) is 9.57. The summed E-state index contributed by atoms with van der Waals surface area (Å²) in [4.78, 5) is 21.3. The minimum atomic E-state index is -0.496. The lowest BCUT2D eigenvalue weighted by molar-refractivity contribution is -0.124. The Hall–Kier alpha value is -2.93. The van der Waals surface area contributed by atoms with Crippen LogP contribution in [0.2, 0.25) is 0 Å². The third-order valence-corrected chi connectivity index (χ3v) is 5.68. The van der Waals surface area contributed by atoms with Crippen LogP contribution in [0.25, 0.3) is 5.57 Å². The largest absolute Gasteiger partial charge is 0.404 e. The molecule has 1 aromatic heterocycles. The van der Waals surface area contributed by atoms with Crippen molar-refractivity contribution in [3.8, 4) is 0 Å². The van der Waals surface area contributed by atoms with Crippen LogP contribution in [0.5, 0.6) is 0 Å². The standard InChI is InChI=1S/C20H23N5OS/c1-13-12-27-19(24-13)25-18(26)20(8-3-9-20)17-6-4-15(5-7-17)16(10-21)11-23-14(2)22/h4-7,10-12H,2-3,8-9,21-22H2,1H3,(H,24,25,26)/b16-10+,23-11-. The zero-order valence-corrected chi connectivity index (χ0v) is 16.1. The molecule has 140 valence electrons. The van der Waals surface area contributed by atoms with E-state index < -0.39 is 5.41 Å². The summed E-state index contributed by atoms with van der Waals surface area (Å²) in [5.41, 5.74) is 14.2. The van der Waals surface area contributed by atoms with E-state index in [0.29, 0.717) is 5.13 Å². The van der Waals surface area contributed by atoms with E-state index in [4.69, 9.17) is 11.5 Å². The second kappa shape index (κ2) is 7.75. The van der Waals surface area contributed by atoms with E-state index in [1.54, 1.807) is 6.21 Å². The minimum absolute atomic E-state index is 0.00596. The van der Waals surface area contributed by atoms with Crippen LogP contribution in [0.3, 0.4) is 0 Å². The lowest BCUT2D eigenvalue weighted by Crippen LogP contribution is -2.46. The Morgan fingerprint density at radius 1 is 1.37 bits per heavy atom. The molecule has 5 N–H and O–H groups in total. The average molecular weight is 382 g/mol. The number of thiazole rings is 1. The summed E-state index contributed by atoms with van der Waals surface area (Å²) in [6.07, 6.45) is 5.74. The molecule has 7 heteroatoms. The van der Waals surface area contributed by atoms with Gasteiger partial charge in [0, 0.05) is 23.4 Å². The van der Waals surface area contributed by atoms with E-state index in [9.17, 15) is 4.79 Å². The summed E-state index contributed by atoms with van der Waals surface area (Å²) in [6, 6.07) is 7.85. The van der Waals surface area contributed by atoms with Gasteiger partial charge in [-0.2, -0.15) is 0 Å². The first kappa shape index (κ1) is 18.8. The van der Waals surface area contributed by atoms with Crippen LogP contribution in [-0.2, 0) is 10.2 Å². The molecule has 1 heterocycles. The number of rotatable bonds is 6. The molecule has 0 radical (unpaired) electrons. The number of nitrogens with one attached hydrogen (secondary N) is 1. The molecular weight excluding hydrogens is 358 g/mol. The predicted molar refractivity (Wildman–Crippen MR) is 111 cm³/mol. The average Bonchev–Trinajstić information content (AvgIpc) is 3.00. The fourth-order valence-corrected chi connectivity index (χ4v) is 3.84. The van der Waals surface area contributed by atoms with Gasteiger partial charge in [0.1, 0.15) is 5.82 Å². The maximum atomic E-state index is 13.0. The minimum Gasteiger partial charge on any atom is -0.404 e. The van der Waals surface area contributed by atoms with Gasteiger partial charge in [0.15, 0.2) is 5.13 Å². The van der Waals surface area contributed by atoms with Crippen molar-refractivity contribution in [2.75, 3.05) is 5.32 Å². The summed E-state index contributed by atoms with van der Waals surface area (Å²) >= 11 is 1.44. The Bertz CT molecular complexity index is 907. The Morgan fingerprint density at radius 3 is 2.56 bits per heavy atom. The Kier molecular flexibility index (Phi) is 5.41. The molecule has 6 nitrogen and oxygen atoms in total. The Balaban J connectivity index is 1.81. The summed E-state index contributed by atoms with van der Waals surface area (Å²) in [7, 11) is 0. The maximum absolute atomic E-state index is 13.0. The van der Waals surface area contributed by atoms with Crippen LogP contribution in [-0.4, -0.2) is 17.1 Å². The van der Waals surface area contributed by atoms with Crippen LogP contribution in [0.15, 0.2) is 53.2 Å². The van der Waals surface area contributed by atoms with E-state index >= 15 is 0 Å². The third kappa shape index (κ3) is 3.93. The van der Waals surface area contributed by atoms with Gasteiger partial charge in [-0.15, -0.1) is 11.3 Å². The van der Waals surface area contributed by atoms with Crippen molar-refractivity contribution in [3.63, 3.8) is 0 Å². The highest BCUT2D eigenvalue weighted by molar-refractivity contribution is 7.13. The van der Waals surface area contributed by atoms with Crippen LogP contribution >= 0.6 is 11.3 Å². The lowest BCUT2D eigenvalue weighted by atomic mass is 9.63. The quantitative estimate of drug-likeness (QED) is 0.667. The van der Waals surface area contributed by atoms with Crippen LogP contribution < -0.4 is 16.8 Å². The van der Waals surface area contributed by atoms with E-state index in [2.05, 4.69) is 21.9 Å². The van der Waals surface area contributed by atoms with E-state index in [1.165, 1.54) is 17.5 Å². The first-order valence-electron chi connectivity index (χ1n) is 8.69. The van der Waals surface area contributed by atoms with Crippen molar-refractivity contribution in [2.24, 2.45) is 16.5 Å². The maximum Gasteiger partial charge on any atom is 0.236 e. The molecule has 2 aromatic rings.